The Balaban J connectivity index is 2.22. The fourth-order valence-corrected chi connectivity index (χ4v) is 2.23. The van der Waals surface area contributed by atoms with E-state index in [0.29, 0.717) is 17.1 Å². The first-order chi connectivity index (χ1) is 10.1. The number of allylic oxidation sites excluding steroid dienone is 1. The van der Waals surface area contributed by atoms with E-state index in [1.165, 1.54) is 6.08 Å². The zero-order valence-corrected chi connectivity index (χ0v) is 13.4. The SMILES string of the molecule is COc1cc(/C=C/C(=O)c2cccc(Br)c2)cc(OC)c1. The van der Waals surface area contributed by atoms with Crippen LogP contribution in [0.15, 0.2) is 53.0 Å². The molecule has 0 saturated heterocycles. The molecule has 0 aliphatic heterocycles. The van der Waals surface area contributed by atoms with Crippen LogP contribution in [-0.2, 0) is 0 Å². The van der Waals surface area contributed by atoms with E-state index in [2.05, 4.69) is 15.9 Å². The second kappa shape index (κ2) is 7.09. The Hall–Kier alpha value is -2.07. The minimum atomic E-state index is -0.0573. The lowest BCUT2D eigenvalue weighted by Gasteiger charge is -2.05. The molecule has 0 fully saturated rings. The van der Waals surface area contributed by atoms with Crippen LogP contribution in [0.2, 0.25) is 0 Å². The van der Waals surface area contributed by atoms with Crippen molar-refractivity contribution in [3.8, 4) is 11.5 Å². The minimum absolute atomic E-state index is 0.0573. The van der Waals surface area contributed by atoms with Crippen LogP contribution in [0.25, 0.3) is 6.08 Å². The number of benzene rings is 2. The van der Waals surface area contributed by atoms with Crippen molar-refractivity contribution in [1.29, 1.82) is 0 Å². The lowest BCUT2D eigenvalue weighted by atomic mass is 10.1. The van der Waals surface area contributed by atoms with Gasteiger partial charge >= 0.3 is 0 Å². The van der Waals surface area contributed by atoms with Crippen LogP contribution in [0.4, 0.5) is 0 Å². The normalized spacial score (nSPS) is 10.6. The van der Waals surface area contributed by atoms with Crippen LogP contribution in [0.3, 0.4) is 0 Å². The lowest BCUT2D eigenvalue weighted by Crippen LogP contribution is -1.93. The number of ether oxygens (including phenoxy) is 2. The van der Waals surface area contributed by atoms with Gasteiger partial charge in [-0.05, 0) is 35.9 Å². The summed E-state index contributed by atoms with van der Waals surface area (Å²) in [6.45, 7) is 0. The van der Waals surface area contributed by atoms with E-state index in [4.69, 9.17) is 9.47 Å². The number of carbonyl (C=O) groups is 1. The molecule has 0 radical (unpaired) electrons. The highest BCUT2D eigenvalue weighted by Gasteiger charge is 2.03. The summed E-state index contributed by atoms with van der Waals surface area (Å²) in [6.07, 6.45) is 3.28. The third kappa shape index (κ3) is 4.20. The highest BCUT2D eigenvalue weighted by molar-refractivity contribution is 9.10. The Kier molecular flexibility index (Phi) is 5.17. The smallest absolute Gasteiger partial charge is 0.185 e. The molecule has 3 nitrogen and oxygen atoms in total. The summed E-state index contributed by atoms with van der Waals surface area (Å²) in [5.41, 5.74) is 1.48. The predicted molar refractivity (Wildman–Crippen MR) is 87.1 cm³/mol. The molecule has 0 heterocycles. The molecule has 2 rings (SSSR count). The number of carbonyl (C=O) groups excluding carboxylic acids is 1. The summed E-state index contributed by atoms with van der Waals surface area (Å²) in [7, 11) is 3.18. The molecule has 108 valence electrons. The van der Waals surface area contributed by atoms with Crippen molar-refractivity contribution in [1.82, 2.24) is 0 Å². The van der Waals surface area contributed by atoms with Crippen LogP contribution < -0.4 is 9.47 Å². The molecule has 0 aliphatic rings. The van der Waals surface area contributed by atoms with E-state index < -0.39 is 0 Å². The first-order valence-corrected chi connectivity index (χ1v) is 7.12. The second-order valence-corrected chi connectivity index (χ2v) is 5.27. The topological polar surface area (TPSA) is 35.5 Å². The number of halogens is 1. The van der Waals surface area contributed by atoms with Crippen LogP contribution in [0, 0.1) is 0 Å². The molecule has 0 unspecified atom stereocenters. The molecular formula is C17H15BrO3. The Morgan fingerprint density at radius 1 is 1.05 bits per heavy atom. The molecule has 0 aliphatic carbocycles. The summed E-state index contributed by atoms with van der Waals surface area (Å²) in [6, 6.07) is 12.8. The lowest BCUT2D eigenvalue weighted by molar-refractivity contribution is 0.104. The van der Waals surface area contributed by atoms with Crippen molar-refractivity contribution >= 4 is 27.8 Å². The summed E-state index contributed by atoms with van der Waals surface area (Å²) >= 11 is 3.35. The third-order valence-corrected chi connectivity index (χ3v) is 3.40. The summed E-state index contributed by atoms with van der Waals surface area (Å²) in [5, 5.41) is 0. The summed E-state index contributed by atoms with van der Waals surface area (Å²) in [5.74, 6) is 1.31. The van der Waals surface area contributed by atoms with Crippen molar-refractivity contribution in [2.45, 2.75) is 0 Å². The Morgan fingerprint density at radius 3 is 2.29 bits per heavy atom. The van der Waals surface area contributed by atoms with E-state index in [-0.39, 0.29) is 5.78 Å². The Bertz CT molecular complexity index is 655. The second-order valence-electron chi connectivity index (χ2n) is 4.35. The average molecular weight is 347 g/mol. The minimum Gasteiger partial charge on any atom is -0.497 e. The fraction of sp³-hybridized carbons (Fsp3) is 0.118. The largest absolute Gasteiger partial charge is 0.497 e. The zero-order valence-electron chi connectivity index (χ0n) is 11.8. The quantitative estimate of drug-likeness (QED) is 0.595. The monoisotopic (exact) mass is 346 g/mol. The van der Waals surface area contributed by atoms with Gasteiger partial charge in [-0.3, -0.25) is 4.79 Å². The number of ketones is 1. The summed E-state index contributed by atoms with van der Waals surface area (Å²) < 4.78 is 11.3. The van der Waals surface area contributed by atoms with Crippen molar-refractivity contribution in [2.24, 2.45) is 0 Å². The molecule has 4 heteroatoms. The van der Waals surface area contributed by atoms with Crippen LogP contribution in [0.5, 0.6) is 11.5 Å². The van der Waals surface area contributed by atoms with Gasteiger partial charge in [0.05, 0.1) is 14.2 Å². The zero-order chi connectivity index (χ0) is 15.2. The third-order valence-electron chi connectivity index (χ3n) is 2.91. The van der Waals surface area contributed by atoms with Crippen molar-refractivity contribution in [3.05, 3.63) is 64.1 Å². The van der Waals surface area contributed by atoms with Gasteiger partial charge in [0.25, 0.3) is 0 Å². The molecule has 0 atom stereocenters. The molecule has 0 amide bonds. The van der Waals surface area contributed by atoms with Crippen molar-refractivity contribution in [3.63, 3.8) is 0 Å². The number of hydrogen-bond donors (Lipinski definition) is 0. The van der Waals surface area contributed by atoms with Gasteiger partial charge in [0, 0.05) is 16.1 Å². The highest BCUT2D eigenvalue weighted by atomic mass is 79.9. The Morgan fingerprint density at radius 2 is 1.71 bits per heavy atom. The average Bonchev–Trinajstić information content (AvgIpc) is 2.52. The fourth-order valence-electron chi connectivity index (χ4n) is 1.84. The van der Waals surface area contributed by atoms with Gasteiger partial charge < -0.3 is 9.47 Å². The van der Waals surface area contributed by atoms with Crippen molar-refractivity contribution < 1.29 is 14.3 Å². The van der Waals surface area contributed by atoms with Gasteiger partial charge in [0.1, 0.15) is 11.5 Å². The van der Waals surface area contributed by atoms with E-state index in [1.807, 2.05) is 24.3 Å². The molecule has 0 N–H and O–H groups in total. The van der Waals surface area contributed by atoms with Crippen LogP contribution >= 0.6 is 15.9 Å². The van der Waals surface area contributed by atoms with E-state index in [0.717, 1.165) is 10.0 Å². The van der Waals surface area contributed by atoms with Crippen molar-refractivity contribution in [2.75, 3.05) is 14.2 Å². The number of methoxy groups -OCH3 is 2. The van der Waals surface area contributed by atoms with Gasteiger partial charge in [-0.25, -0.2) is 0 Å². The van der Waals surface area contributed by atoms with E-state index in [1.54, 1.807) is 38.5 Å². The van der Waals surface area contributed by atoms with Gasteiger partial charge in [-0.15, -0.1) is 0 Å². The van der Waals surface area contributed by atoms with Crippen LogP contribution in [-0.4, -0.2) is 20.0 Å². The number of rotatable bonds is 5. The van der Waals surface area contributed by atoms with Gasteiger partial charge in [-0.1, -0.05) is 34.1 Å². The van der Waals surface area contributed by atoms with Gasteiger partial charge in [-0.2, -0.15) is 0 Å². The molecule has 0 aromatic heterocycles. The van der Waals surface area contributed by atoms with Gasteiger partial charge in [0.15, 0.2) is 5.78 Å². The molecule has 0 saturated carbocycles. The maximum Gasteiger partial charge on any atom is 0.185 e. The van der Waals surface area contributed by atoms with Crippen LogP contribution in [0.1, 0.15) is 15.9 Å². The predicted octanol–water partition coefficient (Wildman–Crippen LogP) is 4.36. The molecule has 2 aromatic rings. The molecule has 0 bridgehead atoms. The first-order valence-electron chi connectivity index (χ1n) is 6.33. The molecule has 2 aromatic carbocycles. The van der Waals surface area contributed by atoms with E-state index in [9.17, 15) is 4.79 Å². The molecule has 21 heavy (non-hydrogen) atoms. The highest BCUT2D eigenvalue weighted by Crippen LogP contribution is 2.23. The first kappa shape index (κ1) is 15.3. The van der Waals surface area contributed by atoms with Gasteiger partial charge in [0.2, 0.25) is 0 Å². The standard InChI is InChI=1S/C17H15BrO3/c1-20-15-8-12(9-16(11-15)21-2)6-7-17(19)13-4-3-5-14(18)10-13/h3-11H,1-2H3/b7-6+. The number of hydrogen-bond acceptors (Lipinski definition) is 3. The van der Waals surface area contributed by atoms with E-state index >= 15 is 0 Å². The summed E-state index contributed by atoms with van der Waals surface area (Å²) in [4.78, 5) is 12.1. The maximum absolute atomic E-state index is 12.1. The maximum atomic E-state index is 12.1. The Labute approximate surface area is 132 Å². The molecule has 0 spiro atoms. The molecular weight excluding hydrogens is 332 g/mol.